The number of rotatable bonds is 7. The van der Waals surface area contributed by atoms with Crippen molar-refractivity contribution in [1.82, 2.24) is 14.9 Å². The SMILES string of the molecule is CCCn1ccnc1CNCCC(C)O. The van der Waals surface area contributed by atoms with Crippen molar-refractivity contribution in [2.24, 2.45) is 0 Å². The van der Waals surface area contributed by atoms with E-state index >= 15 is 0 Å². The number of nitrogens with one attached hydrogen (secondary N) is 1. The Labute approximate surface area is 91.3 Å². The van der Waals surface area contributed by atoms with Crippen LogP contribution < -0.4 is 5.32 Å². The number of aromatic nitrogens is 2. The van der Waals surface area contributed by atoms with Gasteiger partial charge in [-0.25, -0.2) is 4.98 Å². The number of aliphatic hydroxyl groups excluding tert-OH is 1. The lowest BCUT2D eigenvalue weighted by atomic mass is 10.3. The summed E-state index contributed by atoms with van der Waals surface area (Å²) in [7, 11) is 0. The van der Waals surface area contributed by atoms with Crippen molar-refractivity contribution >= 4 is 0 Å². The maximum atomic E-state index is 9.09. The van der Waals surface area contributed by atoms with Crippen molar-refractivity contribution < 1.29 is 5.11 Å². The van der Waals surface area contributed by atoms with E-state index in [-0.39, 0.29) is 6.10 Å². The number of aliphatic hydroxyl groups is 1. The van der Waals surface area contributed by atoms with Crippen molar-refractivity contribution in [3.05, 3.63) is 18.2 Å². The number of hydrogen-bond donors (Lipinski definition) is 2. The van der Waals surface area contributed by atoms with Gasteiger partial charge in [-0.2, -0.15) is 0 Å². The molecule has 0 aliphatic rings. The molecule has 0 saturated heterocycles. The molecular formula is C11H21N3O. The lowest BCUT2D eigenvalue weighted by Crippen LogP contribution is -2.21. The second-order valence-corrected chi connectivity index (χ2v) is 3.85. The molecular weight excluding hydrogens is 190 g/mol. The largest absolute Gasteiger partial charge is 0.393 e. The van der Waals surface area contributed by atoms with Crippen molar-refractivity contribution in [2.75, 3.05) is 6.54 Å². The van der Waals surface area contributed by atoms with E-state index in [1.54, 1.807) is 6.92 Å². The Morgan fingerprint density at radius 1 is 1.60 bits per heavy atom. The van der Waals surface area contributed by atoms with E-state index < -0.39 is 0 Å². The van der Waals surface area contributed by atoms with Crippen molar-refractivity contribution in [3.63, 3.8) is 0 Å². The monoisotopic (exact) mass is 211 g/mol. The van der Waals surface area contributed by atoms with Crippen LogP contribution in [0.5, 0.6) is 0 Å². The van der Waals surface area contributed by atoms with Crippen molar-refractivity contribution in [1.29, 1.82) is 0 Å². The highest BCUT2D eigenvalue weighted by molar-refractivity contribution is 4.91. The fourth-order valence-corrected chi connectivity index (χ4v) is 1.46. The first-order valence-electron chi connectivity index (χ1n) is 5.62. The summed E-state index contributed by atoms with van der Waals surface area (Å²) in [4.78, 5) is 4.29. The summed E-state index contributed by atoms with van der Waals surface area (Å²) in [5.41, 5.74) is 0. The predicted molar refractivity (Wildman–Crippen MR) is 60.5 cm³/mol. The molecule has 1 aromatic heterocycles. The normalized spacial score (nSPS) is 13.0. The molecule has 4 nitrogen and oxygen atoms in total. The van der Waals surface area contributed by atoms with E-state index in [0.29, 0.717) is 0 Å². The average Bonchev–Trinajstić information content (AvgIpc) is 2.61. The number of nitrogens with zero attached hydrogens (tertiary/aromatic N) is 2. The second kappa shape index (κ2) is 6.58. The lowest BCUT2D eigenvalue weighted by molar-refractivity contribution is 0.183. The van der Waals surface area contributed by atoms with E-state index in [2.05, 4.69) is 21.8 Å². The zero-order chi connectivity index (χ0) is 11.1. The van der Waals surface area contributed by atoms with Crippen LogP contribution in [-0.4, -0.2) is 27.3 Å². The molecule has 0 aromatic carbocycles. The highest BCUT2D eigenvalue weighted by Gasteiger charge is 2.01. The minimum absolute atomic E-state index is 0.229. The first-order valence-corrected chi connectivity index (χ1v) is 5.62. The standard InChI is InChI=1S/C11H21N3O/c1-3-7-14-8-6-13-11(14)9-12-5-4-10(2)15/h6,8,10,12,15H,3-5,7,9H2,1-2H3. The smallest absolute Gasteiger partial charge is 0.122 e. The number of hydrogen-bond acceptors (Lipinski definition) is 3. The van der Waals surface area contributed by atoms with Gasteiger partial charge in [0.2, 0.25) is 0 Å². The molecule has 0 saturated carbocycles. The molecule has 1 aromatic rings. The second-order valence-electron chi connectivity index (χ2n) is 3.85. The summed E-state index contributed by atoms with van der Waals surface area (Å²) < 4.78 is 2.16. The Hall–Kier alpha value is -0.870. The first-order chi connectivity index (χ1) is 7.24. The summed E-state index contributed by atoms with van der Waals surface area (Å²) in [5, 5.41) is 12.4. The molecule has 0 fully saturated rings. The summed E-state index contributed by atoms with van der Waals surface area (Å²) in [6, 6.07) is 0. The Kier molecular flexibility index (Phi) is 5.36. The maximum absolute atomic E-state index is 9.09. The quantitative estimate of drug-likeness (QED) is 0.665. The van der Waals surface area contributed by atoms with Gasteiger partial charge in [-0.15, -0.1) is 0 Å². The third kappa shape index (κ3) is 4.44. The molecule has 0 radical (unpaired) electrons. The van der Waals surface area contributed by atoms with Gasteiger partial charge in [-0.05, 0) is 26.3 Å². The van der Waals surface area contributed by atoms with Gasteiger partial charge in [-0.1, -0.05) is 6.92 Å². The van der Waals surface area contributed by atoms with Gasteiger partial charge in [0, 0.05) is 18.9 Å². The zero-order valence-electron chi connectivity index (χ0n) is 9.61. The first kappa shape index (κ1) is 12.2. The van der Waals surface area contributed by atoms with E-state index in [1.807, 2.05) is 12.4 Å². The molecule has 1 unspecified atom stereocenters. The molecule has 1 atom stereocenters. The maximum Gasteiger partial charge on any atom is 0.122 e. The molecule has 1 heterocycles. The molecule has 0 aliphatic carbocycles. The fourth-order valence-electron chi connectivity index (χ4n) is 1.46. The summed E-state index contributed by atoms with van der Waals surface area (Å²) >= 11 is 0. The molecule has 1 rings (SSSR count). The van der Waals surface area contributed by atoms with Crippen LogP contribution in [-0.2, 0) is 13.1 Å². The molecule has 0 spiro atoms. The van der Waals surface area contributed by atoms with Gasteiger partial charge in [0.05, 0.1) is 12.6 Å². The molecule has 2 N–H and O–H groups in total. The summed E-state index contributed by atoms with van der Waals surface area (Å²) in [6.45, 7) is 6.59. The highest BCUT2D eigenvalue weighted by Crippen LogP contribution is 1.99. The Balaban J connectivity index is 2.27. The van der Waals surface area contributed by atoms with Crippen LogP contribution in [0.25, 0.3) is 0 Å². The van der Waals surface area contributed by atoms with Crippen molar-refractivity contribution in [3.8, 4) is 0 Å². The number of imidazole rings is 1. The molecule has 86 valence electrons. The Bertz CT molecular complexity index is 271. The molecule has 4 heteroatoms. The predicted octanol–water partition coefficient (Wildman–Crippen LogP) is 1.15. The van der Waals surface area contributed by atoms with Gasteiger partial charge in [-0.3, -0.25) is 0 Å². The van der Waals surface area contributed by atoms with Gasteiger partial charge in [0.1, 0.15) is 5.82 Å². The third-order valence-electron chi connectivity index (χ3n) is 2.29. The molecule has 0 amide bonds. The fraction of sp³-hybridized carbons (Fsp3) is 0.727. The van der Waals surface area contributed by atoms with Crippen LogP contribution in [0, 0.1) is 0 Å². The topological polar surface area (TPSA) is 50.1 Å². The van der Waals surface area contributed by atoms with Crippen LogP contribution in [0.1, 0.15) is 32.5 Å². The highest BCUT2D eigenvalue weighted by atomic mass is 16.3. The van der Waals surface area contributed by atoms with Crippen LogP contribution >= 0.6 is 0 Å². The minimum Gasteiger partial charge on any atom is -0.393 e. The van der Waals surface area contributed by atoms with E-state index in [0.717, 1.165) is 38.3 Å². The summed E-state index contributed by atoms with van der Waals surface area (Å²) in [5.74, 6) is 1.07. The zero-order valence-corrected chi connectivity index (χ0v) is 9.61. The van der Waals surface area contributed by atoms with Gasteiger partial charge in [0.25, 0.3) is 0 Å². The van der Waals surface area contributed by atoms with Crippen molar-refractivity contribution in [2.45, 2.75) is 45.9 Å². The van der Waals surface area contributed by atoms with Crippen LogP contribution in [0.2, 0.25) is 0 Å². The molecule has 0 aliphatic heterocycles. The number of aryl methyl sites for hydroxylation is 1. The average molecular weight is 211 g/mol. The van der Waals surface area contributed by atoms with Gasteiger partial charge >= 0.3 is 0 Å². The van der Waals surface area contributed by atoms with Crippen LogP contribution in [0.4, 0.5) is 0 Å². The van der Waals surface area contributed by atoms with Crippen LogP contribution in [0.3, 0.4) is 0 Å². The lowest BCUT2D eigenvalue weighted by Gasteiger charge is -2.08. The third-order valence-corrected chi connectivity index (χ3v) is 2.29. The Morgan fingerprint density at radius 3 is 3.07 bits per heavy atom. The van der Waals surface area contributed by atoms with E-state index in [9.17, 15) is 0 Å². The van der Waals surface area contributed by atoms with E-state index in [1.165, 1.54) is 0 Å². The molecule has 0 bridgehead atoms. The summed E-state index contributed by atoms with van der Waals surface area (Å²) in [6.07, 6.45) is 5.52. The van der Waals surface area contributed by atoms with Gasteiger partial charge < -0.3 is 15.0 Å². The van der Waals surface area contributed by atoms with Crippen LogP contribution in [0.15, 0.2) is 12.4 Å². The van der Waals surface area contributed by atoms with Gasteiger partial charge in [0.15, 0.2) is 0 Å². The molecule has 15 heavy (non-hydrogen) atoms. The minimum atomic E-state index is -0.229. The van der Waals surface area contributed by atoms with E-state index in [4.69, 9.17) is 5.11 Å². The Morgan fingerprint density at radius 2 is 2.40 bits per heavy atom.